The Morgan fingerprint density at radius 2 is 2.00 bits per heavy atom. The molecule has 1 aromatic rings. The third-order valence-electron chi connectivity index (χ3n) is 2.77. The quantitative estimate of drug-likeness (QED) is 0.779. The summed E-state index contributed by atoms with van der Waals surface area (Å²) in [6, 6.07) is 6.81. The van der Waals surface area contributed by atoms with Crippen LogP contribution in [0.5, 0.6) is 0 Å². The number of aliphatic hydroxyl groups excluding tert-OH is 1. The smallest absolute Gasteiger partial charge is 0.127 e. The lowest BCUT2D eigenvalue weighted by Crippen LogP contribution is -2.25. The maximum atomic E-state index is 13.4. The first-order valence-electron chi connectivity index (χ1n) is 5.73. The van der Waals surface area contributed by atoms with E-state index in [4.69, 9.17) is 5.11 Å². The van der Waals surface area contributed by atoms with Crippen LogP contribution in [0.3, 0.4) is 0 Å². The Labute approximate surface area is 96.5 Å². The summed E-state index contributed by atoms with van der Waals surface area (Å²) in [5.74, 6) is 0.233. The average molecular weight is 225 g/mol. The van der Waals surface area contributed by atoms with Gasteiger partial charge in [0.2, 0.25) is 0 Å². The zero-order valence-corrected chi connectivity index (χ0v) is 9.91. The van der Waals surface area contributed by atoms with Crippen LogP contribution >= 0.6 is 0 Å². The molecule has 16 heavy (non-hydrogen) atoms. The molecule has 0 aliphatic heterocycles. The van der Waals surface area contributed by atoms with Crippen LogP contribution in [0.15, 0.2) is 24.3 Å². The SMILES string of the molecule is CC(CCO)CNC(C)c1ccccc1F. The number of benzene rings is 1. The van der Waals surface area contributed by atoms with Gasteiger partial charge in [0.15, 0.2) is 0 Å². The zero-order chi connectivity index (χ0) is 12.0. The fourth-order valence-electron chi connectivity index (χ4n) is 1.64. The van der Waals surface area contributed by atoms with Crippen molar-refractivity contribution in [2.24, 2.45) is 5.92 Å². The van der Waals surface area contributed by atoms with E-state index < -0.39 is 0 Å². The molecule has 0 fully saturated rings. The van der Waals surface area contributed by atoms with E-state index in [0.717, 1.165) is 13.0 Å². The third kappa shape index (κ3) is 3.91. The van der Waals surface area contributed by atoms with Gasteiger partial charge in [-0.2, -0.15) is 0 Å². The van der Waals surface area contributed by atoms with Crippen molar-refractivity contribution in [3.05, 3.63) is 35.6 Å². The molecule has 0 amide bonds. The van der Waals surface area contributed by atoms with Gasteiger partial charge in [0, 0.05) is 18.2 Å². The molecule has 0 aliphatic carbocycles. The second-order valence-electron chi connectivity index (χ2n) is 4.27. The molecule has 0 bridgehead atoms. The average Bonchev–Trinajstić information content (AvgIpc) is 2.27. The number of aliphatic hydroxyl groups is 1. The van der Waals surface area contributed by atoms with Gasteiger partial charge in [-0.3, -0.25) is 0 Å². The monoisotopic (exact) mass is 225 g/mol. The zero-order valence-electron chi connectivity index (χ0n) is 9.91. The van der Waals surface area contributed by atoms with Crippen molar-refractivity contribution in [3.8, 4) is 0 Å². The Bertz CT molecular complexity index is 317. The lowest BCUT2D eigenvalue weighted by atomic mass is 10.1. The predicted octanol–water partition coefficient (Wildman–Crippen LogP) is 2.49. The minimum absolute atomic E-state index is 0.00217. The Morgan fingerprint density at radius 1 is 1.31 bits per heavy atom. The van der Waals surface area contributed by atoms with Crippen molar-refractivity contribution >= 4 is 0 Å². The van der Waals surface area contributed by atoms with Crippen LogP contribution in [0, 0.1) is 11.7 Å². The standard InChI is InChI=1S/C13H20FNO/c1-10(7-8-16)9-15-11(2)12-5-3-4-6-13(12)14/h3-6,10-11,15-16H,7-9H2,1-2H3. The third-order valence-corrected chi connectivity index (χ3v) is 2.77. The molecule has 0 heterocycles. The molecular formula is C13H20FNO. The van der Waals surface area contributed by atoms with Crippen LogP contribution in [0.4, 0.5) is 4.39 Å². The van der Waals surface area contributed by atoms with E-state index in [1.54, 1.807) is 12.1 Å². The molecule has 2 nitrogen and oxygen atoms in total. The summed E-state index contributed by atoms with van der Waals surface area (Å²) in [6.45, 7) is 5.01. The van der Waals surface area contributed by atoms with Gasteiger partial charge in [0.25, 0.3) is 0 Å². The maximum absolute atomic E-state index is 13.4. The first kappa shape index (κ1) is 13.1. The van der Waals surface area contributed by atoms with E-state index in [-0.39, 0.29) is 18.5 Å². The molecule has 0 spiro atoms. The van der Waals surface area contributed by atoms with Gasteiger partial charge < -0.3 is 10.4 Å². The van der Waals surface area contributed by atoms with E-state index in [9.17, 15) is 4.39 Å². The van der Waals surface area contributed by atoms with Crippen LogP contribution < -0.4 is 5.32 Å². The van der Waals surface area contributed by atoms with Gasteiger partial charge in [-0.15, -0.1) is 0 Å². The summed E-state index contributed by atoms with van der Waals surface area (Å²) in [5.41, 5.74) is 0.693. The van der Waals surface area contributed by atoms with Crippen LogP contribution in [0.1, 0.15) is 31.9 Å². The number of rotatable bonds is 6. The molecule has 0 saturated heterocycles. The summed E-state index contributed by atoms with van der Waals surface area (Å²) in [7, 11) is 0. The summed E-state index contributed by atoms with van der Waals surface area (Å²) in [6.07, 6.45) is 0.775. The number of nitrogens with one attached hydrogen (secondary N) is 1. The van der Waals surface area contributed by atoms with E-state index in [2.05, 4.69) is 12.2 Å². The molecule has 0 aromatic heterocycles. The summed E-state index contributed by atoms with van der Waals surface area (Å²) >= 11 is 0. The van der Waals surface area contributed by atoms with Crippen molar-refractivity contribution < 1.29 is 9.50 Å². The lowest BCUT2D eigenvalue weighted by Gasteiger charge is -2.18. The first-order valence-corrected chi connectivity index (χ1v) is 5.73. The molecule has 2 unspecified atom stereocenters. The Hall–Kier alpha value is -0.930. The van der Waals surface area contributed by atoms with Gasteiger partial charge in [-0.25, -0.2) is 4.39 Å². The highest BCUT2D eigenvalue weighted by Gasteiger charge is 2.10. The van der Waals surface area contributed by atoms with Crippen LogP contribution in [0.2, 0.25) is 0 Å². The Balaban J connectivity index is 2.46. The molecule has 0 aliphatic rings. The second kappa shape index (κ2) is 6.61. The highest BCUT2D eigenvalue weighted by atomic mass is 19.1. The number of hydrogen-bond donors (Lipinski definition) is 2. The van der Waals surface area contributed by atoms with Gasteiger partial charge >= 0.3 is 0 Å². The highest BCUT2D eigenvalue weighted by molar-refractivity contribution is 5.20. The van der Waals surface area contributed by atoms with Crippen molar-refractivity contribution in [1.29, 1.82) is 0 Å². The molecule has 90 valence electrons. The van der Waals surface area contributed by atoms with E-state index >= 15 is 0 Å². The molecule has 3 heteroatoms. The fraction of sp³-hybridized carbons (Fsp3) is 0.538. The lowest BCUT2D eigenvalue weighted by molar-refractivity contribution is 0.258. The number of halogens is 1. The topological polar surface area (TPSA) is 32.3 Å². The number of hydrogen-bond acceptors (Lipinski definition) is 2. The van der Waals surface area contributed by atoms with Crippen molar-refractivity contribution in [2.45, 2.75) is 26.3 Å². The summed E-state index contributed by atoms with van der Waals surface area (Å²) < 4.78 is 13.4. The first-order chi connectivity index (χ1) is 7.65. The molecular weight excluding hydrogens is 205 g/mol. The predicted molar refractivity (Wildman–Crippen MR) is 63.7 cm³/mol. The van der Waals surface area contributed by atoms with E-state index in [1.165, 1.54) is 6.07 Å². The van der Waals surface area contributed by atoms with Gasteiger partial charge in [-0.05, 0) is 31.9 Å². The summed E-state index contributed by atoms with van der Waals surface area (Å²) in [5, 5.41) is 12.0. The Morgan fingerprint density at radius 3 is 2.62 bits per heavy atom. The van der Waals surface area contributed by atoms with E-state index in [0.29, 0.717) is 11.5 Å². The molecule has 1 rings (SSSR count). The molecule has 2 atom stereocenters. The fourth-order valence-corrected chi connectivity index (χ4v) is 1.64. The normalized spacial score (nSPS) is 14.8. The van der Waals surface area contributed by atoms with Crippen molar-refractivity contribution in [2.75, 3.05) is 13.2 Å². The van der Waals surface area contributed by atoms with Crippen molar-refractivity contribution in [3.63, 3.8) is 0 Å². The van der Waals surface area contributed by atoms with Crippen LogP contribution in [-0.4, -0.2) is 18.3 Å². The maximum Gasteiger partial charge on any atom is 0.127 e. The van der Waals surface area contributed by atoms with E-state index in [1.807, 2.05) is 13.0 Å². The van der Waals surface area contributed by atoms with Crippen LogP contribution in [0.25, 0.3) is 0 Å². The van der Waals surface area contributed by atoms with Gasteiger partial charge in [0.05, 0.1) is 0 Å². The Kier molecular flexibility index (Phi) is 5.43. The molecule has 1 aromatic carbocycles. The van der Waals surface area contributed by atoms with Gasteiger partial charge in [0.1, 0.15) is 5.82 Å². The molecule has 0 radical (unpaired) electrons. The van der Waals surface area contributed by atoms with Crippen molar-refractivity contribution in [1.82, 2.24) is 5.32 Å². The second-order valence-corrected chi connectivity index (χ2v) is 4.27. The summed E-state index contributed by atoms with van der Waals surface area (Å²) in [4.78, 5) is 0. The molecule has 2 N–H and O–H groups in total. The molecule has 0 saturated carbocycles. The highest BCUT2D eigenvalue weighted by Crippen LogP contribution is 2.16. The van der Waals surface area contributed by atoms with Crippen LogP contribution in [-0.2, 0) is 0 Å². The minimum Gasteiger partial charge on any atom is -0.396 e. The largest absolute Gasteiger partial charge is 0.396 e. The van der Waals surface area contributed by atoms with Gasteiger partial charge in [-0.1, -0.05) is 25.1 Å². The minimum atomic E-state index is -0.169.